The van der Waals surface area contributed by atoms with Crippen molar-refractivity contribution in [2.24, 2.45) is 17.8 Å². The van der Waals surface area contributed by atoms with Crippen molar-refractivity contribution in [3.05, 3.63) is 18.5 Å². The SMILES string of the molecule is O=C(C1CCOCC1)N1CC[C@H](C2CCN(c3ncccn3)CC2)C1. The maximum atomic E-state index is 12.7. The van der Waals surface area contributed by atoms with Gasteiger partial charge in [-0.05, 0) is 50.0 Å². The van der Waals surface area contributed by atoms with Gasteiger partial charge in [-0.2, -0.15) is 0 Å². The lowest BCUT2D eigenvalue weighted by Gasteiger charge is -2.35. The fraction of sp³-hybridized carbons (Fsp3) is 0.737. The Morgan fingerprint density at radius 1 is 0.960 bits per heavy atom. The first-order chi connectivity index (χ1) is 12.3. The molecule has 1 aromatic heterocycles. The molecule has 1 aromatic rings. The first-order valence-corrected chi connectivity index (χ1v) is 9.70. The second kappa shape index (κ2) is 7.68. The third-order valence-electron chi connectivity index (χ3n) is 6.15. The fourth-order valence-electron chi connectivity index (χ4n) is 4.60. The molecule has 3 aliphatic heterocycles. The van der Waals surface area contributed by atoms with Crippen molar-refractivity contribution < 1.29 is 9.53 Å². The summed E-state index contributed by atoms with van der Waals surface area (Å²) in [6, 6.07) is 1.86. The molecule has 0 aliphatic carbocycles. The zero-order valence-electron chi connectivity index (χ0n) is 14.8. The summed E-state index contributed by atoms with van der Waals surface area (Å²) in [7, 11) is 0. The van der Waals surface area contributed by atoms with Crippen LogP contribution in [0.1, 0.15) is 32.1 Å². The number of nitrogens with zero attached hydrogens (tertiary/aromatic N) is 4. The lowest BCUT2D eigenvalue weighted by molar-refractivity contribution is -0.137. The van der Waals surface area contributed by atoms with Crippen LogP contribution >= 0.6 is 0 Å². The van der Waals surface area contributed by atoms with Crippen molar-refractivity contribution in [1.29, 1.82) is 0 Å². The maximum Gasteiger partial charge on any atom is 0.225 e. The molecule has 6 heteroatoms. The fourth-order valence-corrected chi connectivity index (χ4v) is 4.60. The average molecular weight is 344 g/mol. The first kappa shape index (κ1) is 16.8. The van der Waals surface area contributed by atoms with E-state index in [1.165, 1.54) is 19.3 Å². The first-order valence-electron chi connectivity index (χ1n) is 9.70. The maximum absolute atomic E-state index is 12.7. The van der Waals surface area contributed by atoms with Crippen molar-refractivity contribution in [2.75, 3.05) is 44.3 Å². The normalized spacial score (nSPS) is 26.2. The zero-order chi connectivity index (χ0) is 17.1. The second-order valence-electron chi connectivity index (χ2n) is 7.59. The summed E-state index contributed by atoms with van der Waals surface area (Å²) in [5, 5.41) is 0. The highest BCUT2D eigenvalue weighted by Crippen LogP contribution is 2.33. The molecule has 0 bridgehead atoms. The van der Waals surface area contributed by atoms with Crippen molar-refractivity contribution >= 4 is 11.9 Å². The number of rotatable bonds is 3. The third-order valence-corrected chi connectivity index (χ3v) is 6.15. The van der Waals surface area contributed by atoms with E-state index in [0.29, 0.717) is 11.8 Å². The Hall–Kier alpha value is -1.69. The molecule has 0 unspecified atom stereocenters. The predicted octanol–water partition coefficient (Wildman–Crippen LogP) is 1.97. The molecule has 25 heavy (non-hydrogen) atoms. The van der Waals surface area contributed by atoms with E-state index in [-0.39, 0.29) is 5.92 Å². The van der Waals surface area contributed by atoms with Crippen molar-refractivity contribution in [2.45, 2.75) is 32.1 Å². The predicted molar refractivity (Wildman–Crippen MR) is 95.2 cm³/mol. The zero-order valence-corrected chi connectivity index (χ0v) is 14.8. The van der Waals surface area contributed by atoms with Gasteiger partial charge < -0.3 is 14.5 Å². The van der Waals surface area contributed by atoms with Crippen molar-refractivity contribution in [3.8, 4) is 0 Å². The van der Waals surface area contributed by atoms with Gasteiger partial charge >= 0.3 is 0 Å². The van der Waals surface area contributed by atoms with Crippen LogP contribution in [0.25, 0.3) is 0 Å². The van der Waals surface area contributed by atoms with E-state index in [4.69, 9.17) is 4.74 Å². The highest BCUT2D eigenvalue weighted by molar-refractivity contribution is 5.79. The summed E-state index contributed by atoms with van der Waals surface area (Å²) >= 11 is 0. The number of carbonyl (C=O) groups excluding carboxylic acids is 1. The van der Waals surface area contributed by atoms with Gasteiger partial charge in [-0.25, -0.2) is 9.97 Å². The van der Waals surface area contributed by atoms with E-state index in [1.54, 1.807) is 0 Å². The summed E-state index contributed by atoms with van der Waals surface area (Å²) in [6.07, 6.45) is 8.95. The molecule has 136 valence electrons. The molecule has 3 aliphatic rings. The average Bonchev–Trinajstić information content (AvgIpc) is 3.19. The number of carbonyl (C=O) groups is 1. The number of anilines is 1. The Morgan fingerprint density at radius 3 is 2.36 bits per heavy atom. The Bertz CT molecular complexity index is 568. The molecule has 1 amide bonds. The van der Waals surface area contributed by atoms with Crippen LogP contribution in [-0.2, 0) is 9.53 Å². The molecule has 0 saturated carbocycles. The molecule has 6 nitrogen and oxygen atoms in total. The molecule has 0 radical (unpaired) electrons. The quantitative estimate of drug-likeness (QED) is 0.839. The molecule has 1 atom stereocenters. The van der Waals surface area contributed by atoms with Crippen LogP contribution in [0.3, 0.4) is 0 Å². The van der Waals surface area contributed by atoms with Gasteiger partial charge in [0, 0.05) is 57.7 Å². The van der Waals surface area contributed by atoms with Crippen LogP contribution in [0.15, 0.2) is 18.5 Å². The minimum absolute atomic E-state index is 0.199. The van der Waals surface area contributed by atoms with Gasteiger partial charge in [0.15, 0.2) is 0 Å². The van der Waals surface area contributed by atoms with Gasteiger partial charge in [-0.1, -0.05) is 0 Å². The van der Waals surface area contributed by atoms with Gasteiger partial charge in [-0.15, -0.1) is 0 Å². The minimum atomic E-state index is 0.199. The van der Waals surface area contributed by atoms with Gasteiger partial charge in [0.05, 0.1) is 0 Å². The van der Waals surface area contributed by atoms with Gasteiger partial charge in [0.25, 0.3) is 0 Å². The molecule has 3 fully saturated rings. The molecule has 4 heterocycles. The van der Waals surface area contributed by atoms with E-state index >= 15 is 0 Å². The molecule has 3 saturated heterocycles. The summed E-state index contributed by atoms with van der Waals surface area (Å²) in [5.74, 6) is 2.82. The number of ether oxygens (including phenoxy) is 1. The largest absolute Gasteiger partial charge is 0.381 e. The second-order valence-corrected chi connectivity index (χ2v) is 7.59. The van der Waals surface area contributed by atoms with Crippen molar-refractivity contribution in [3.63, 3.8) is 0 Å². The molecule has 0 spiro atoms. The van der Waals surface area contributed by atoms with E-state index in [0.717, 1.165) is 64.1 Å². The summed E-state index contributed by atoms with van der Waals surface area (Å²) in [6.45, 7) is 5.45. The Balaban J connectivity index is 1.27. The molecular weight excluding hydrogens is 316 g/mol. The van der Waals surface area contributed by atoms with Crippen molar-refractivity contribution in [1.82, 2.24) is 14.9 Å². The Labute approximate surface area is 149 Å². The molecule has 4 rings (SSSR count). The van der Waals surface area contributed by atoms with Crippen LogP contribution < -0.4 is 4.90 Å². The number of amides is 1. The highest BCUT2D eigenvalue weighted by atomic mass is 16.5. The highest BCUT2D eigenvalue weighted by Gasteiger charge is 2.36. The molecule has 0 N–H and O–H groups in total. The van der Waals surface area contributed by atoms with Crippen LogP contribution in [0.2, 0.25) is 0 Å². The lowest BCUT2D eigenvalue weighted by Crippen LogP contribution is -2.39. The monoisotopic (exact) mass is 344 g/mol. The number of hydrogen-bond acceptors (Lipinski definition) is 5. The van der Waals surface area contributed by atoms with Gasteiger partial charge in [-0.3, -0.25) is 4.79 Å². The topological polar surface area (TPSA) is 58.6 Å². The number of aromatic nitrogens is 2. The standard InChI is InChI=1S/C19H28N4O2/c24-18(16-5-12-25-13-6-16)23-11-4-17(14-23)15-2-9-22(10-3-15)19-20-7-1-8-21-19/h1,7-8,15-17H,2-6,9-14H2/t17-/m0/s1. The number of hydrogen-bond donors (Lipinski definition) is 0. The smallest absolute Gasteiger partial charge is 0.225 e. The minimum Gasteiger partial charge on any atom is -0.381 e. The molecule has 0 aromatic carbocycles. The van der Waals surface area contributed by atoms with Gasteiger partial charge in [0.2, 0.25) is 11.9 Å². The van der Waals surface area contributed by atoms with E-state index in [9.17, 15) is 4.79 Å². The summed E-state index contributed by atoms with van der Waals surface area (Å²) in [5.41, 5.74) is 0. The lowest BCUT2D eigenvalue weighted by atomic mass is 9.84. The molecular formula is C19H28N4O2. The Kier molecular flexibility index (Phi) is 5.15. The van der Waals surface area contributed by atoms with Crippen LogP contribution in [0.4, 0.5) is 5.95 Å². The van der Waals surface area contributed by atoms with Crippen LogP contribution in [0.5, 0.6) is 0 Å². The number of likely N-dealkylation sites (tertiary alicyclic amines) is 1. The number of piperidine rings is 1. The third kappa shape index (κ3) is 3.78. The van der Waals surface area contributed by atoms with Gasteiger partial charge in [0.1, 0.15) is 0 Å². The van der Waals surface area contributed by atoms with E-state index < -0.39 is 0 Å². The summed E-state index contributed by atoms with van der Waals surface area (Å²) in [4.78, 5) is 25.9. The van der Waals surface area contributed by atoms with E-state index in [1.807, 2.05) is 18.5 Å². The van der Waals surface area contributed by atoms with Crippen LogP contribution in [0, 0.1) is 17.8 Å². The van der Waals surface area contributed by atoms with E-state index in [2.05, 4.69) is 19.8 Å². The Morgan fingerprint density at radius 2 is 1.64 bits per heavy atom. The summed E-state index contributed by atoms with van der Waals surface area (Å²) < 4.78 is 5.39. The van der Waals surface area contributed by atoms with Crippen LogP contribution in [-0.4, -0.2) is 60.2 Å².